The smallest absolute Gasteiger partial charge is 0.349 e. The molecular formula is C18H16Cl2N6O4. The van der Waals surface area contributed by atoms with Gasteiger partial charge in [-0.2, -0.15) is 4.68 Å². The van der Waals surface area contributed by atoms with E-state index < -0.39 is 17.1 Å². The number of H-pyrrole nitrogens is 2. The highest BCUT2D eigenvalue weighted by molar-refractivity contribution is 6.37. The third-order valence-electron chi connectivity index (χ3n) is 4.91. The lowest BCUT2D eigenvalue weighted by Crippen LogP contribution is -2.33. The summed E-state index contributed by atoms with van der Waals surface area (Å²) in [5.41, 5.74) is 4.37. The zero-order valence-electron chi connectivity index (χ0n) is 15.6. The Labute approximate surface area is 178 Å². The average Bonchev–Trinajstić information content (AvgIpc) is 2.66. The Bertz CT molecular complexity index is 1290. The molecule has 4 N–H and O–H groups in total. The van der Waals surface area contributed by atoms with Gasteiger partial charge in [0.15, 0.2) is 5.75 Å². The van der Waals surface area contributed by atoms with Crippen molar-refractivity contribution in [3.8, 4) is 17.3 Å². The molecule has 12 heteroatoms. The first-order chi connectivity index (χ1) is 14.2. The Hall–Kier alpha value is -3.11. The van der Waals surface area contributed by atoms with Crippen molar-refractivity contribution < 1.29 is 4.74 Å². The number of hydrogen-bond donors (Lipinski definition) is 3. The second kappa shape index (κ2) is 7.62. The maximum Gasteiger partial charge on any atom is 0.349 e. The molecule has 2 aromatic heterocycles. The van der Waals surface area contributed by atoms with Crippen molar-refractivity contribution in [1.82, 2.24) is 25.0 Å². The predicted octanol–water partition coefficient (Wildman–Crippen LogP) is 2.20. The summed E-state index contributed by atoms with van der Waals surface area (Å²) in [6.07, 6.45) is 1.85. The summed E-state index contributed by atoms with van der Waals surface area (Å²) in [5, 5.41) is 10.2. The Morgan fingerprint density at radius 1 is 1.13 bits per heavy atom. The van der Waals surface area contributed by atoms with Crippen molar-refractivity contribution in [2.45, 2.75) is 25.7 Å². The molecule has 3 aromatic rings. The van der Waals surface area contributed by atoms with Crippen LogP contribution in [0.5, 0.6) is 11.6 Å². The van der Waals surface area contributed by atoms with E-state index in [1.54, 1.807) is 6.07 Å². The molecule has 0 unspecified atom stereocenters. The molecule has 0 saturated heterocycles. The fourth-order valence-corrected chi connectivity index (χ4v) is 3.92. The molecule has 0 bridgehead atoms. The van der Waals surface area contributed by atoms with E-state index in [4.69, 9.17) is 33.7 Å². The fraction of sp³-hybridized carbons (Fsp3) is 0.278. The van der Waals surface area contributed by atoms with E-state index in [0.29, 0.717) is 11.5 Å². The van der Waals surface area contributed by atoms with Crippen LogP contribution in [0.2, 0.25) is 10.0 Å². The van der Waals surface area contributed by atoms with Crippen LogP contribution in [0.4, 0.5) is 5.82 Å². The van der Waals surface area contributed by atoms with Crippen molar-refractivity contribution >= 4 is 29.0 Å². The van der Waals surface area contributed by atoms with Gasteiger partial charge in [-0.1, -0.05) is 30.1 Å². The summed E-state index contributed by atoms with van der Waals surface area (Å²) < 4.78 is 6.56. The quantitative estimate of drug-likeness (QED) is 0.551. The number of nitrogens with zero attached hydrogens (tertiary/aromatic N) is 3. The molecule has 2 heterocycles. The van der Waals surface area contributed by atoms with Crippen LogP contribution in [-0.4, -0.2) is 25.0 Å². The van der Waals surface area contributed by atoms with Crippen LogP contribution in [0, 0.1) is 5.92 Å². The SMILES string of the molecule is C[C@H]1C[C@@H](c2cc(Oc3c(Cl)cc(-n4nc(N)c(=O)[nH]c4=O)cc3Cl)n[nH]c2=O)C1. The standard InChI is InChI=1S/C18H16Cl2N6O4/c1-7-2-8(3-7)10-6-13(23-24-16(10)27)30-14-11(19)4-9(5-12(14)20)26-18(29)22-17(28)15(21)25-26/h4-8H,2-3H2,1H3,(H2,21,25)(H,24,27)(H,22,28,29)/t7-,8+. The van der Waals surface area contributed by atoms with Gasteiger partial charge in [0.2, 0.25) is 11.7 Å². The number of aromatic amines is 2. The highest BCUT2D eigenvalue weighted by Gasteiger charge is 2.29. The Kier molecular flexibility index (Phi) is 5.12. The first-order valence-corrected chi connectivity index (χ1v) is 9.74. The molecular weight excluding hydrogens is 435 g/mol. The van der Waals surface area contributed by atoms with Crippen molar-refractivity contribution in [2.75, 3.05) is 5.73 Å². The summed E-state index contributed by atoms with van der Waals surface area (Å²) >= 11 is 12.6. The lowest BCUT2D eigenvalue weighted by Gasteiger charge is -2.32. The second-order valence-corrected chi connectivity index (χ2v) is 7.98. The molecule has 0 radical (unpaired) electrons. The van der Waals surface area contributed by atoms with E-state index in [1.165, 1.54) is 12.1 Å². The molecule has 30 heavy (non-hydrogen) atoms. The van der Waals surface area contributed by atoms with Gasteiger partial charge in [0, 0.05) is 11.6 Å². The van der Waals surface area contributed by atoms with Crippen LogP contribution in [0.15, 0.2) is 32.6 Å². The fourth-order valence-electron chi connectivity index (χ4n) is 3.37. The van der Waals surface area contributed by atoms with Gasteiger partial charge in [0.05, 0.1) is 15.7 Å². The predicted molar refractivity (Wildman–Crippen MR) is 111 cm³/mol. The Morgan fingerprint density at radius 3 is 2.43 bits per heavy atom. The maximum atomic E-state index is 12.1. The van der Waals surface area contributed by atoms with E-state index in [-0.39, 0.29) is 38.8 Å². The zero-order chi connectivity index (χ0) is 21.6. The molecule has 1 aromatic carbocycles. The number of hydrogen-bond acceptors (Lipinski definition) is 7. The molecule has 0 atom stereocenters. The summed E-state index contributed by atoms with van der Waals surface area (Å²) in [4.78, 5) is 37.5. The van der Waals surface area contributed by atoms with Crippen LogP contribution in [0.1, 0.15) is 31.2 Å². The molecule has 1 aliphatic carbocycles. The summed E-state index contributed by atoms with van der Waals surface area (Å²) in [5.74, 6) is 0.551. The molecule has 1 saturated carbocycles. The third-order valence-corrected chi connectivity index (χ3v) is 5.47. The number of anilines is 1. The highest BCUT2D eigenvalue weighted by atomic mass is 35.5. The summed E-state index contributed by atoms with van der Waals surface area (Å²) in [6.45, 7) is 2.13. The normalized spacial score (nSPS) is 18.1. The topological polar surface area (TPSA) is 149 Å². The van der Waals surface area contributed by atoms with Crippen molar-refractivity contribution in [2.24, 2.45) is 5.92 Å². The number of nitrogen functional groups attached to an aromatic ring is 1. The third kappa shape index (κ3) is 3.71. The minimum atomic E-state index is -0.809. The molecule has 1 fully saturated rings. The summed E-state index contributed by atoms with van der Waals surface area (Å²) in [7, 11) is 0. The van der Waals surface area contributed by atoms with Crippen molar-refractivity contribution in [1.29, 1.82) is 0 Å². The number of aromatic nitrogens is 5. The van der Waals surface area contributed by atoms with E-state index in [1.807, 2.05) is 4.98 Å². The van der Waals surface area contributed by atoms with Gasteiger partial charge in [-0.3, -0.25) is 14.6 Å². The molecule has 0 spiro atoms. The first kappa shape index (κ1) is 20.2. The molecule has 0 aliphatic heterocycles. The first-order valence-electron chi connectivity index (χ1n) is 8.99. The van der Waals surface area contributed by atoms with Crippen LogP contribution in [0.25, 0.3) is 5.69 Å². The lowest BCUT2D eigenvalue weighted by atomic mass is 9.73. The number of halogens is 2. The van der Waals surface area contributed by atoms with E-state index in [0.717, 1.165) is 17.5 Å². The van der Waals surface area contributed by atoms with Crippen LogP contribution < -0.4 is 27.3 Å². The largest absolute Gasteiger partial charge is 0.434 e. The second-order valence-electron chi connectivity index (χ2n) is 7.16. The van der Waals surface area contributed by atoms with Gasteiger partial charge in [-0.15, -0.1) is 10.2 Å². The lowest BCUT2D eigenvalue weighted by molar-refractivity contribution is 0.285. The monoisotopic (exact) mass is 450 g/mol. The van der Waals surface area contributed by atoms with E-state index >= 15 is 0 Å². The van der Waals surface area contributed by atoms with Gasteiger partial charge in [0.25, 0.3) is 11.1 Å². The van der Waals surface area contributed by atoms with E-state index in [2.05, 4.69) is 22.2 Å². The molecule has 10 nitrogen and oxygen atoms in total. The van der Waals surface area contributed by atoms with Crippen LogP contribution >= 0.6 is 23.2 Å². The van der Waals surface area contributed by atoms with Gasteiger partial charge >= 0.3 is 5.69 Å². The molecule has 1 aliphatic rings. The average molecular weight is 451 g/mol. The Morgan fingerprint density at radius 2 is 1.80 bits per heavy atom. The molecule has 4 rings (SSSR count). The number of nitrogens with two attached hydrogens (primary N) is 1. The van der Waals surface area contributed by atoms with Gasteiger partial charge in [0.1, 0.15) is 0 Å². The van der Waals surface area contributed by atoms with E-state index in [9.17, 15) is 14.4 Å². The molecule has 156 valence electrons. The van der Waals surface area contributed by atoms with Crippen molar-refractivity contribution in [3.05, 3.63) is 65.0 Å². The number of ether oxygens (including phenoxy) is 1. The van der Waals surface area contributed by atoms with Crippen LogP contribution in [-0.2, 0) is 0 Å². The number of nitrogens with one attached hydrogen (secondary N) is 2. The van der Waals surface area contributed by atoms with Gasteiger partial charge < -0.3 is 10.5 Å². The van der Waals surface area contributed by atoms with Crippen molar-refractivity contribution in [3.63, 3.8) is 0 Å². The minimum Gasteiger partial charge on any atom is -0.434 e. The number of rotatable bonds is 4. The highest BCUT2D eigenvalue weighted by Crippen LogP contribution is 2.41. The van der Waals surface area contributed by atoms with Gasteiger partial charge in [-0.05, 0) is 36.8 Å². The molecule has 0 amide bonds. The zero-order valence-corrected chi connectivity index (χ0v) is 17.1. The summed E-state index contributed by atoms with van der Waals surface area (Å²) in [6, 6.07) is 4.31. The number of benzene rings is 1. The van der Waals surface area contributed by atoms with Gasteiger partial charge in [-0.25, -0.2) is 9.89 Å². The minimum absolute atomic E-state index is 0.0581. The maximum absolute atomic E-state index is 12.1. The van der Waals surface area contributed by atoms with Crippen LogP contribution in [0.3, 0.4) is 0 Å². The Balaban J connectivity index is 1.68.